The van der Waals surface area contributed by atoms with Crippen molar-refractivity contribution in [2.75, 3.05) is 6.54 Å². The van der Waals surface area contributed by atoms with E-state index in [1.807, 2.05) is 12.1 Å². The molecule has 2 aromatic rings. The second kappa shape index (κ2) is 4.90. The summed E-state index contributed by atoms with van der Waals surface area (Å²) in [7, 11) is 0. The van der Waals surface area contributed by atoms with E-state index in [2.05, 4.69) is 34.6 Å². The Hall–Kier alpha value is -1.68. The van der Waals surface area contributed by atoms with Crippen molar-refractivity contribution in [2.24, 2.45) is 0 Å². The van der Waals surface area contributed by atoms with Crippen LogP contribution in [-0.2, 0) is 0 Å². The molecule has 0 saturated carbocycles. The molecule has 4 nitrogen and oxygen atoms in total. The van der Waals surface area contributed by atoms with Gasteiger partial charge in [0.2, 0.25) is 11.8 Å². The summed E-state index contributed by atoms with van der Waals surface area (Å²) in [6.45, 7) is 3.10. The van der Waals surface area contributed by atoms with Gasteiger partial charge in [-0.25, -0.2) is 0 Å². The van der Waals surface area contributed by atoms with Crippen LogP contribution in [-0.4, -0.2) is 16.7 Å². The molecule has 1 aromatic heterocycles. The molecule has 0 aliphatic carbocycles. The predicted octanol–water partition coefficient (Wildman–Crippen LogP) is 2.86. The summed E-state index contributed by atoms with van der Waals surface area (Å²) in [5.74, 6) is 1.32. The van der Waals surface area contributed by atoms with E-state index in [4.69, 9.17) is 4.42 Å². The van der Waals surface area contributed by atoms with Crippen LogP contribution in [0, 0.1) is 6.92 Å². The average molecular weight is 243 g/mol. The van der Waals surface area contributed by atoms with E-state index >= 15 is 0 Å². The van der Waals surface area contributed by atoms with Crippen LogP contribution in [0.4, 0.5) is 0 Å². The fraction of sp³-hybridized carbons (Fsp3) is 0.429. The van der Waals surface area contributed by atoms with E-state index in [1.54, 1.807) is 0 Å². The first-order valence-corrected chi connectivity index (χ1v) is 6.47. The Kier molecular flexibility index (Phi) is 3.11. The average Bonchev–Trinajstić information content (AvgIpc) is 2.90. The summed E-state index contributed by atoms with van der Waals surface area (Å²) in [5.41, 5.74) is 2.21. The molecule has 94 valence electrons. The number of benzene rings is 1. The van der Waals surface area contributed by atoms with Gasteiger partial charge in [0.15, 0.2) is 0 Å². The molecule has 1 aromatic carbocycles. The normalized spacial score (nSPS) is 19.9. The van der Waals surface area contributed by atoms with E-state index in [1.165, 1.54) is 18.4 Å². The SMILES string of the molecule is Cc1ccc(-c2nnc(C3CCCCN3)o2)cc1. The highest BCUT2D eigenvalue weighted by molar-refractivity contribution is 5.52. The van der Waals surface area contributed by atoms with Gasteiger partial charge < -0.3 is 9.73 Å². The molecule has 0 spiro atoms. The van der Waals surface area contributed by atoms with E-state index < -0.39 is 0 Å². The maximum atomic E-state index is 5.76. The van der Waals surface area contributed by atoms with Gasteiger partial charge in [0.25, 0.3) is 0 Å². The first kappa shape index (κ1) is 11.4. The van der Waals surface area contributed by atoms with Crippen molar-refractivity contribution in [3.8, 4) is 11.5 Å². The van der Waals surface area contributed by atoms with Crippen LogP contribution >= 0.6 is 0 Å². The van der Waals surface area contributed by atoms with Crippen molar-refractivity contribution >= 4 is 0 Å². The number of aromatic nitrogens is 2. The molecular formula is C14H17N3O. The monoisotopic (exact) mass is 243 g/mol. The van der Waals surface area contributed by atoms with Crippen LogP contribution in [0.5, 0.6) is 0 Å². The number of nitrogens with zero attached hydrogens (tertiary/aromatic N) is 2. The highest BCUT2D eigenvalue weighted by atomic mass is 16.4. The zero-order chi connectivity index (χ0) is 12.4. The third kappa shape index (κ3) is 2.29. The summed E-state index contributed by atoms with van der Waals surface area (Å²) in [5, 5.41) is 11.7. The van der Waals surface area contributed by atoms with Crippen LogP contribution in [0.3, 0.4) is 0 Å². The zero-order valence-electron chi connectivity index (χ0n) is 10.5. The van der Waals surface area contributed by atoms with Gasteiger partial charge in [0.05, 0.1) is 6.04 Å². The molecule has 0 amide bonds. The third-order valence-electron chi connectivity index (χ3n) is 3.35. The highest BCUT2D eigenvalue weighted by Gasteiger charge is 2.20. The van der Waals surface area contributed by atoms with E-state index in [-0.39, 0.29) is 6.04 Å². The van der Waals surface area contributed by atoms with Gasteiger partial charge in [-0.1, -0.05) is 24.1 Å². The number of aryl methyl sites for hydroxylation is 1. The predicted molar refractivity (Wildman–Crippen MR) is 69.1 cm³/mol. The fourth-order valence-corrected chi connectivity index (χ4v) is 2.25. The maximum Gasteiger partial charge on any atom is 0.247 e. The van der Waals surface area contributed by atoms with Crippen LogP contribution in [0.15, 0.2) is 28.7 Å². The minimum absolute atomic E-state index is 0.227. The minimum atomic E-state index is 0.227. The molecule has 0 bridgehead atoms. The molecule has 1 fully saturated rings. The summed E-state index contributed by atoms with van der Waals surface area (Å²) in [4.78, 5) is 0. The largest absolute Gasteiger partial charge is 0.419 e. The Morgan fingerprint density at radius 3 is 2.72 bits per heavy atom. The Labute approximate surface area is 106 Å². The third-order valence-corrected chi connectivity index (χ3v) is 3.35. The second-order valence-corrected chi connectivity index (χ2v) is 4.81. The molecule has 1 saturated heterocycles. The van der Waals surface area contributed by atoms with Gasteiger partial charge in [0, 0.05) is 5.56 Å². The minimum Gasteiger partial charge on any atom is -0.419 e. The second-order valence-electron chi connectivity index (χ2n) is 4.81. The molecule has 1 N–H and O–H groups in total. The molecule has 4 heteroatoms. The lowest BCUT2D eigenvalue weighted by Gasteiger charge is -2.19. The molecule has 3 rings (SSSR count). The molecule has 2 heterocycles. The number of hydrogen-bond donors (Lipinski definition) is 1. The Morgan fingerprint density at radius 1 is 1.17 bits per heavy atom. The first-order valence-electron chi connectivity index (χ1n) is 6.47. The highest BCUT2D eigenvalue weighted by Crippen LogP contribution is 2.25. The maximum absolute atomic E-state index is 5.76. The molecule has 18 heavy (non-hydrogen) atoms. The van der Waals surface area contributed by atoms with Crippen molar-refractivity contribution < 1.29 is 4.42 Å². The lowest BCUT2D eigenvalue weighted by molar-refractivity contribution is 0.342. The number of piperidine rings is 1. The van der Waals surface area contributed by atoms with Gasteiger partial charge in [-0.05, 0) is 38.4 Å². The fourth-order valence-electron chi connectivity index (χ4n) is 2.25. The Bertz CT molecular complexity index is 512. The molecule has 0 radical (unpaired) electrons. The van der Waals surface area contributed by atoms with Crippen LogP contribution < -0.4 is 5.32 Å². The number of hydrogen-bond acceptors (Lipinski definition) is 4. The summed E-state index contributed by atoms with van der Waals surface area (Å²) in [6.07, 6.45) is 3.53. The van der Waals surface area contributed by atoms with Crippen LogP contribution in [0.2, 0.25) is 0 Å². The van der Waals surface area contributed by atoms with Gasteiger partial charge >= 0.3 is 0 Å². The van der Waals surface area contributed by atoms with Crippen molar-refractivity contribution in [1.29, 1.82) is 0 Å². The number of rotatable bonds is 2. The first-order chi connectivity index (χ1) is 8.83. The van der Waals surface area contributed by atoms with E-state index in [0.29, 0.717) is 11.8 Å². The van der Waals surface area contributed by atoms with E-state index in [0.717, 1.165) is 18.5 Å². The van der Waals surface area contributed by atoms with Crippen molar-refractivity contribution in [3.63, 3.8) is 0 Å². The van der Waals surface area contributed by atoms with Crippen LogP contribution in [0.25, 0.3) is 11.5 Å². The molecule has 1 aliphatic rings. The van der Waals surface area contributed by atoms with E-state index in [9.17, 15) is 0 Å². The van der Waals surface area contributed by atoms with Crippen molar-refractivity contribution in [2.45, 2.75) is 32.2 Å². The van der Waals surface area contributed by atoms with Gasteiger partial charge in [-0.15, -0.1) is 10.2 Å². The van der Waals surface area contributed by atoms with Gasteiger partial charge in [0.1, 0.15) is 0 Å². The molecular weight excluding hydrogens is 226 g/mol. The molecule has 1 aliphatic heterocycles. The van der Waals surface area contributed by atoms with Crippen molar-refractivity contribution in [3.05, 3.63) is 35.7 Å². The Morgan fingerprint density at radius 2 is 2.00 bits per heavy atom. The smallest absolute Gasteiger partial charge is 0.247 e. The summed E-state index contributed by atoms with van der Waals surface area (Å²) < 4.78 is 5.76. The topological polar surface area (TPSA) is 51.0 Å². The lowest BCUT2D eigenvalue weighted by Crippen LogP contribution is -2.26. The number of nitrogens with one attached hydrogen (secondary N) is 1. The molecule has 1 unspecified atom stereocenters. The van der Waals surface area contributed by atoms with Gasteiger partial charge in [-0.3, -0.25) is 0 Å². The zero-order valence-corrected chi connectivity index (χ0v) is 10.5. The summed E-state index contributed by atoms with van der Waals surface area (Å²) in [6, 6.07) is 8.36. The lowest BCUT2D eigenvalue weighted by atomic mass is 10.1. The standard InChI is InChI=1S/C14H17N3O/c1-10-5-7-11(8-6-10)13-16-17-14(18-13)12-4-2-3-9-15-12/h5-8,12,15H,2-4,9H2,1H3. The van der Waals surface area contributed by atoms with Gasteiger partial charge in [-0.2, -0.15) is 0 Å². The molecule has 1 atom stereocenters. The Balaban J connectivity index is 1.82. The quantitative estimate of drug-likeness (QED) is 0.881. The summed E-state index contributed by atoms with van der Waals surface area (Å²) >= 11 is 0. The van der Waals surface area contributed by atoms with Crippen LogP contribution in [0.1, 0.15) is 36.8 Å². The van der Waals surface area contributed by atoms with Crippen molar-refractivity contribution in [1.82, 2.24) is 15.5 Å².